The van der Waals surface area contributed by atoms with Crippen LogP contribution in [0.3, 0.4) is 0 Å². The number of nitrogens with one attached hydrogen (secondary N) is 1. The van der Waals surface area contributed by atoms with Gasteiger partial charge in [-0.1, -0.05) is 0 Å². The molecule has 0 saturated carbocycles. The summed E-state index contributed by atoms with van der Waals surface area (Å²) in [6.45, 7) is 2.90. The van der Waals surface area contributed by atoms with Crippen LogP contribution in [0.2, 0.25) is 0 Å². The third-order valence-corrected chi connectivity index (χ3v) is 5.08. The molecule has 6 heteroatoms. The summed E-state index contributed by atoms with van der Waals surface area (Å²) in [5.74, 6) is 0.568. The number of rotatable bonds is 5. The highest BCUT2D eigenvalue weighted by atomic mass is 15.3. The molecular formula is C18H26N6. The zero-order valence-corrected chi connectivity index (χ0v) is 14.7. The van der Waals surface area contributed by atoms with Gasteiger partial charge in [-0.05, 0) is 50.0 Å². The van der Waals surface area contributed by atoms with Crippen LogP contribution in [0.5, 0.6) is 0 Å². The monoisotopic (exact) mass is 326 g/mol. The minimum Gasteiger partial charge on any atom is -0.342 e. The Morgan fingerprint density at radius 1 is 1.38 bits per heavy atom. The molecule has 3 heterocycles. The Labute approximate surface area is 143 Å². The average Bonchev–Trinajstić information content (AvgIpc) is 3.13. The van der Waals surface area contributed by atoms with Crippen LogP contribution in [0, 0.1) is 17.2 Å². The molecule has 0 bridgehead atoms. The Bertz CT molecular complexity index is 722. The van der Waals surface area contributed by atoms with Gasteiger partial charge in [-0.3, -0.25) is 9.58 Å². The van der Waals surface area contributed by atoms with E-state index in [0.717, 1.165) is 25.2 Å². The molecule has 128 valence electrons. The van der Waals surface area contributed by atoms with Gasteiger partial charge in [0.05, 0.1) is 11.7 Å². The van der Waals surface area contributed by atoms with Gasteiger partial charge in [0.2, 0.25) is 0 Å². The maximum absolute atomic E-state index is 9.05. The van der Waals surface area contributed by atoms with Gasteiger partial charge in [-0.15, -0.1) is 0 Å². The summed E-state index contributed by atoms with van der Waals surface area (Å²) in [5, 5.41) is 17.0. The lowest BCUT2D eigenvalue weighted by molar-refractivity contribution is 0.113. The van der Waals surface area contributed by atoms with Crippen molar-refractivity contribution in [2.75, 3.05) is 20.1 Å². The summed E-state index contributed by atoms with van der Waals surface area (Å²) < 4.78 is 3.87. The Morgan fingerprint density at radius 2 is 2.21 bits per heavy atom. The molecule has 2 aromatic heterocycles. The lowest BCUT2D eigenvalue weighted by atomic mass is 9.87. The maximum atomic E-state index is 9.05. The summed E-state index contributed by atoms with van der Waals surface area (Å²) in [5.41, 5.74) is 3.16. The third kappa shape index (κ3) is 3.37. The number of piperidine rings is 1. The first-order valence-electron chi connectivity index (χ1n) is 8.54. The van der Waals surface area contributed by atoms with Gasteiger partial charge in [0.1, 0.15) is 11.8 Å². The number of aromatic nitrogens is 3. The first kappa shape index (κ1) is 16.7. The van der Waals surface area contributed by atoms with Crippen molar-refractivity contribution in [3.05, 3.63) is 41.5 Å². The summed E-state index contributed by atoms with van der Waals surface area (Å²) in [6.07, 6.45) is 6.37. The SMILES string of the molecule is CN1CCC[C@@H](CNCc2cc(C#N)n(C)c2)[C@@H]1c1ccnn1C. The highest BCUT2D eigenvalue weighted by Gasteiger charge is 2.31. The molecule has 3 rings (SSSR count). The van der Waals surface area contributed by atoms with Gasteiger partial charge in [-0.25, -0.2) is 0 Å². The number of likely N-dealkylation sites (tertiary alicyclic amines) is 1. The van der Waals surface area contributed by atoms with E-state index in [-0.39, 0.29) is 0 Å². The molecule has 0 radical (unpaired) electrons. The molecule has 1 aliphatic heterocycles. The summed E-state index contributed by atoms with van der Waals surface area (Å²) in [6, 6.07) is 6.71. The summed E-state index contributed by atoms with van der Waals surface area (Å²) in [4.78, 5) is 2.45. The fourth-order valence-corrected chi connectivity index (χ4v) is 3.86. The molecule has 1 aliphatic rings. The molecule has 0 spiro atoms. The molecule has 0 aromatic carbocycles. The molecule has 2 aromatic rings. The van der Waals surface area contributed by atoms with Crippen molar-refractivity contribution in [2.45, 2.75) is 25.4 Å². The van der Waals surface area contributed by atoms with E-state index in [0.29, 0.717) is 17.7 Å². The van der Waals surface area contributed by atoms with Crippen molar-refractivity contribution >= 4 is 0 Å². The third-order valence-electron chi connectivity index (χ3n) is 5.08. The smallest absolute Gasteiger partial charge is 0.120 e. The van der Waals surface area contributed by atoms with Crippen LogP contribution < -0.4 is 5.32 Å². The second kappa shape index (κ2) is 7.20. The fraction of sp³-hybridized carbons (Fsp3) is 0.556. The van der Waals surface area contributed by atoms with Crippen LogP contribution in [0.25, 0.3) is 0 Å². The molecule has 0 unspecified atom stereocenters. The Kier molecular flexibility index (Phi) is 5.03. The standard InChI is InChI=1S/C18H26N6/c1-22-8-4-5-15(18(22)17-6-7-21-24(17)3)12-20-11-14-9-16(10-19)23(2)13-14/h6-7,9,13,15,18,20H,4-5,8,11-12H2,1-3H3/t15-,18+/m0/s1. The first-order valence-corrected chi connectivity index (χ1v) is 8.54. The lowest BCUT2D eigenvalue weighted by Gasteiger charge is -2.39. The second-order valence-electron chi connectivity index (χ2n) is 6.79. The lowest BCUT2D eigenvalue weighted by Crippen LogP contribution is -2.41. The zero-order chi connectivity index (χ0) is 17.1. The summed E-state index contributed by atoms with van der Waals surface area (Å²) >= 11 is 0. The van der Waals surface area contributed by atoms with Gasteiger partial charge >= 0.3 is 0 Å². The molecule has 24 heavy (non-hydrogen) atoms. The molecule has 0 aliphatic carbocycles. The van der Waals surface area contributed by atoms with E-state index in [4.69, 9.17) is 5.26 Å². The highest BCUT2D eigenvalue weighted by molar-refractivity contribution is 5.28. The van der Waals surface area contributed by atoms with Gasteiger partial charge in [-0.2, -0.15) is 10.4 Å². The molecule has 0 amide bonds. The molecular weight excluding hydrogens is 300 g/mol. The van der Waals surface area contributed by atoms with E-state index < -0.39 is 0 Å². The molecule has 6 nitrogen and oxygen atoms in total. The topological polar surface area (TPSA) is 61.8 Å². The van der Waals surface area contributed by atoms with Gasteiger partial charge < -0.3 is 9.88 Å². The van der Waals surface area contributed by atoms with E-state index in [2.05, 4.69) is 34.5 Å². The highest BCUT2D eigenvalue weighted by Crippen LogP contribution is 2.34. The number of nitrogens with zero attached hydrogens (tertiary/aromatic N) is 5. The molecule has 2 atom stereocenters. The Hall–Kier alpha value is -2.10. The maximum Gasteiger partial charge on any atom is 0.120 e. The van der Waals surface area contributed by atoms with Crippen LogP contribution in [0.1, 0.15) is 35.8 Å². The van der Waals surface area contributed by atoms with Crippen LogP contribution in [0.15, 0.2) is 24.5 Å². The van der Waals surface area contributed by atoms with E-state index in [1.54, 1.807) is 0 Å². The van der Waals surface area contributed by atoms with E-state index in [9.17, 15) is 0 Å². The number of hydrogen-bond donors (Lipinski definition) is 1. The van der Waals surface area contributed by atoms with Crippen LogP contribution in [-0.2, 0) is 20.6 Å². The zero-order valence-electron chi connectivity index (χ0n) is 14.7. The fourth-order valence-electron chi connectivity index (χ4n) is 3.86. The van der Waals surface area contributed by atoms with E-state index in [1.165, 1.54) is 18.5 Å². The van der Waals surface area contributed by atoms with Crippen LogP contribution in [-0.4, -0.2) is 39.4 Å². The minimum absolute atomic E-state index is 0.407. The second-order valence-corrected chi connectivity index (χ2v) is 6.79. The quantitative estimate of drug-likeness (QED) is 0.910. The Morgan fingerprint density at radius 3 is 2.88 bits per heavy atom. The average molecular weight is 326 g/mol. The van der Waals surface area contributed by atoms with E-state index in [1.807, 2.05) is 41.8 Å². The first-order chi connectivity index (χ1) is 11.6. The molecule has 1 fully saturated rings. The van der Waals surface area contributed by atoms with Crippen molar-refractivity contribution in [3.63, 3.8) is 0 Å². The summed E-state index contributed by atoms with van der Waals surface area (Å²) in [7, 11) is 6.15. The van der Waals surface area contributed by atoms with Crippen LogP contribution in [0.4, 0.5) is 0 Å². The van der Waals surface area contributed by atoms with Crippen molar-refractivity contribution in [1.82, 2.24) is 24.6 Å². The normalized spacial score (nSPS) is 21.8. The van der Waals surface area contributed by atoms with Crippen molar-refractivity contribution in [2.24, 2.45) is 20.0 Å². The number of hydrogen-bond acceptors (Lipinski definition) is 4. The predicted molar refractivity (Wildman–Crippen MR) is 93.1 cm³/mol. The number of aryl methyl sites for hydroxylation is 2. The van der Waals surface area contributed by atoms with Crippen molar-refractivity contribution in [1.29, 1.82) is 5.26 Å². The Balaban J connectivity index is 1.64. The van der Waals surface area contributed by atoms with Gasteiger partial charge in [0, 0.05) is 39.6 Å². The van der Waals surface area contributed by atoms with Gasteiger partial charge in [0.15, 0.2) is 0 Å². The van der Waals surface area contributed by atoms with E-state index >= 15 is 0 Å². The van der Waals surface area contributed by atoms with Gasteiger partial charge in [0.25, 0.3) is 0 Å². The molecule has 1 N–H and O–H groups in total. The largest absolute Gasteiger partial charge is 0.342 e. The minimum atomic E-state index is 0.407. The van der Waals surface area contributed by atoms with Crippen LogP contribution >= 0.6 is 0 Å². The predicted octanol–water partition coefficient (Wildman–Crippen LogP) is 1.80. The van der Waals surface area contributed by atoms with Crippen molar-refractivity contribution < 1.29 is 0 Å². The number of nitriles is 1. The van der Waals surface area contributed by atoms with Crippen molar-refractivity contribution in [3.8, 4) is 6.07 Å². The molecule has 1 saturated heterocycles.